The molecule has 1 aliphatic carbocycles. The maximum Gasteiger partial charge on any atom is 0.406 e. The fourth-order valence-corrected chi connectivity index (χ4v) is 5.47. The number of halogens is 4. The minimum Gasteiger partial charge on any atom is -0.313 e. The molecule has 1 aromatic carbocycles. The van der Waals surface area contributed by atoms with Crippen molar-refractivity contribution in [1.29, 1.82) is 0 Å². The first kappa shape index (κ1) is 24.4. The van der Waals surface area contributed by atoms with Crippen molar-refractivity contribution in [1.82, 2.24) is 24.6 Å². The summed E-state index contributed by atoms with van der Waals surface area (Å²) in [5.41, 5.74) is 0.927. The Morgan fingerprint density at radius 1 is 1.16 bits per heavy atom. The summed E-state index contributed by atoms with van der Waals surface area (Å²) in [7, 11) is 0. The van der Waals surface area contributed by atoms with E-state index >= 15 is 0 Å². The summed E-state index contributed by atoms with van der Waals surface area (Å²) in [6.45, 7) is 1.90. The number of nitrogens with one attached hydrogen (secondary N) is 2. The van der Waals surface area contributed by atoms with E-state index in [1.807, 2.05) is 6.07 Å². The number of anilines is 1. The molecule has 1 amide bonds. The molecule has 6 rings (SSSR count). The van der Waals surface area contributed by atoms with Gasteiger partial charge in [-0.2, -0.15) is 18.3 Å². The fourth-order valence-electron chi connectivity index (χ4n) is 5.31. The summed E-state index contributed by atoms with van der Waals surface area (Å²) in [5, 5.41) is 4.63. The first-order valence-corrected chi connectivity index (χ1v) is 12.1. The lowest BCUT2D eigenvalue weighted by molar-refractivity contribution is -0.134. The molecule has 4 heterocycles. The highest BCUT2D eigenvalue weighted by Crippen LogP contribution is 2.57. The van der Waals surface area contributed by atoms with Gasteiger partial charge in [-0.1, -0.05) is 23.7 Å². The maximum absolute atomic E-state index is 13.3. The zero-order chi connectivity index (χ0) is 27.1. The number of hydrogen-bond acceptors (Lipinski definition) is 5. The van der Waals surface area contributed by atoms with Crippen LogP contribution in [-0.2, 0) is 10.2 Å². The summed E-state index contributed by atoms with van der Waals surface area (Å²) in [6.07, 6.45) is -1.17. The van der Waals surface area contributed by atoms with E-state index in [9.17, 15) is 27.6 Å². The second kappa shape index (κ2) is 8.03. The number of benzene rings is 1. The van der Waals surface area contributed by atoms with Crippen molar-refractivity contribution >= 4 is 28.8 Å². The van der Waals surface area contributed by atoms with Gasteiger partial charge in [0.2, 0.25) is 5.91 Å². The molecule has 38 heavy (non-hydrogen) atoms. The van der Waals surface area contributed by atoms with Gasteiger partial charge >= 0.3 is 11.9 Å². The number of amides is 1. The molecule has 2 aliphatic rings. The van der Waals surface area contributed by atoms with E-state index in [1.165, 1.54) is 16.9 Å². The normalized spacial score (nSPS) is 20.3. The number of hydrogen-bond donors (Lipinski definition) is 2. The van der Waals surface area contributed by atoms with E-state index in [0.717, 1.165) is 16.0 Å². The predicted molar refractivity (Wildman–Crippen MR) is 133 cm³/mol. The third-order valence-electron chi connectivity index (χ3n) is 7.27. The van der Waals surface area contributed by atoms with Gasteiger partial charge < -0.3 is 9.88 Å². The van der Waals surface area contributed by atoms with Crippen LogP contribution in [-0.4, -0.2) is 43.2 Å². The monoisotopic (exact) mass is 544 g/mol. The van der Waals surface area contributed by atoms with Gasteiger partial charge in [0, 0.05) is 17.4 Å². The summed E-state index contributed by atoms with van der Waals surface area (Å²) < 4.78 is 41.3. The van der Waals surface area contributed by atoms with Crippen LogP contribution in [0.4, 0.5) is 18.9 Å². The lowest BCUT2D eigenvalue weighted by Gasteiger charge is -2.21. The first-order chi connectivity index (χ1) is 17.8. The Morgan fingerprint density at radius 2 is 1.92 bits per heavy atom. The van der Waals surface area contributed by atoms with Crippen molar-refractivity contribution in [2.24, 2.45) is 0 Å². The Bertz CT molecular complexity index is 1760. The third kappa shape index (κ3) is 3.82. The molecule has 0 saturated heterocycles. The number of fused-ring (bicyclic) bond motifs is 2. The van der Waals surface area contributed by atoms with Crippen molar-refractivity contribution in [3.05, 3.63) is 79.3 Å². The van der Waals surface area contributed by atoms with E-state index in [1.54, 1.807) is 32.0 Å². The second-order valence-electron chi connectivity index (χ2n) is 10.1. The van der Waals surface area contributed by atoms with Crippen LogP contribution in [0.25, 0.3) is 16.9 Å². The minimum atomic E-state index is -4.54. The van der Waals surface area contributed by atoms with E-state index in [-0.39, 0.29) is 33.9 Å². The van der Waals surface area contributed by atoms with Crippen LogP contribution in [0, 0.1) is 0 Å². The number of nitrogens with zero attached hydrogens (tertiary/aromatic N) is 4. The largest absolute Gasteiger partial charge is 0.406 e. The van der Waals surface area contributed by atoms with Gasteiger partial charge in [0.15, 0.2) is 10.8 Å². The van der Waals surface area contributed by atoms with Gasteiger partial charge in [-0.05, 0) is 55.4 Å². The third-order valence-corrected chi connectivity index (χ3v) is 7.53. The maximum atomic E-state index is 13.3. The summed E-state index contributed by atoms with van der Waals surface area (Å²) in [6, 6.07) is 6.96. The number of rotatable bonds is 4. The quantitative estimate of drug-likeness (QED) is 0.404. The molecule has 0 spiro atoms. The molecule has 0 bridgehead atoms. The Morgan fingerprint density at radius 3 is 2.63 bits per heavy atom. The number of carbonyl (C=O) groups is 1. The van der Waals surface area contributed by atoms with E-state index in [2.05, 4.69) is 20.1 Å². The van der Waals surface area contributed by atoms with Crippen molar-refractivity contribution in [2.45, 2.75) is 43.7 Å². The zero-order valence-electron chi connectivity index (χ0n) is 20.1. The highest BCUT2D eigenvalue weighted by molar-refractivity contribution is 6.29. The lowest BCUT2D eigenvalue weighted by Crippen LogP contribution is -2.41. The fraction of sp³-hybridized carbons (Fsp3) is 0.320. The molecular weight excluding hydrogens is 525 g/mol. The Kier molecular flexibility index (Phi) is 5.16. The van der Waals surface area contributed by atoms with Crippen LogP contribution in [0.1, 0.15) is 48.8 Å². The molecule has 13 heteroatoms. The van der Waals surface area contributed by atoms with Gasteiger partial charge in [0.05, 0.1) is 22.9 Å². The smallest absolute Gasteiger partial charge is 0.313 e. The highest BCUT2D eigenvalue weighted by Gasteiger charge is 2.49. The average molecular weight is 545 g/mol. The molecule has 2 atom stereocenters. The molecule has 2 N–H and O–H groups in total. The molecule has 0 unspecified atom stereocenters. The molecule has 0 radical (unpaired) electrons. The number of aromatic amines is 2. The van der Waals surface area contributed by atoms with Crippen LogP contribution in [0.2, 0.25) is 5.15 Å². The van der Waals surface area contributed by atoms with E-state index in [4.69, 9.17) is 11.6 Å². The predicted octanol–water partition coefficient (Wildman–Crippen LogP) is 3.88. The second-order valence-corrected chi connectivity index (χ2v) is 10.5. The summed E-state index contributed by atoms with van der Waals surface area (Å²) in [5.74, 6) is -0.734. The number of aromatic nitrogens is 5. The van der Waals surface area contributed by atoms with Gasteiger partial charge in [-0.25, -0.2) is 14.3 Å². The molecule has 9 nitrogen and oxygen atoms in total. The average Bonchev–Trinajstić information content (AvgIpc) is 3.52. The van der Waals surface area contributed by atoms with Crippen LogP contribution in [0.3, 0.4) is 0 Å². The number of alkyl halides is 3. The first-order valence-electron chi connectivity index (χ1n) is 11.7. The Hall–Kier alpha value is -3.93. The standard InChI is InChI=1S/C25H20ClF3N6O3/c1-24(2)16-4-3-11(5-18(16)34(22(24)37)10-25(27,28)29)12-6-13(12)14-7-17(15-8-31-23(38)32-21(15)36)33-35-19(26)9-30-20(14)35/h3-5,7-9,12-13H,6,10H2,1-2H3,(H2,31,32,36,38)/t12-,13+/m0/s1. The van der Waals surface area contributed by atoms with E-state index < -0.39 is 35.3 Å². The van der Waals surface area contributed by atoms with Crippen molar-refractivity contribution in [3.63, 3.8) is 0 Å². The zero-order valence-corrected chi connectivity index (χ0v) is 20.8. The molecule has 1 aliphatic heterocycles. The molecular formula is C25H20ClF3N6O3. The Balaban J connectivity index is 1.41. The number of carbonyl (C=O) groups excluding carboxylic acids is 1. The SMILES string of the molecule is CC1(C)C(=O)N(CC(F)(F)F)c2cc([C@@H]3C[C@H]3c3cc(-c4c[nH]c(=O)[nH]c4=O)nn4c(Cl)cnc34)ccc21. The molecule has 1 saturated carbocycles. The highest BCUT2D eigenvalue weighted by atomic mass is 35.5. The molecule has 3 aromatic heterocycles. The van der Waals surface area contributed by atoms with Gasteiger partial charge in [0.25, 0.3) is 5.56 Å². The van der Waals surface area contributed by atoms with Crippen molar-refractivity contribution in [3.8, 4) is 11.3 Å². The summed E-state index contributed by atoms with van der Waals surface area (Å²) >= 11 is 6.29. The van der Waals surface area contributed by atoms with Crippen LogP contribution in [0.5, 0.6) is 0 Å². The van der Waals surface area contributed by atoms with Gasteiger partial charge in [-0.3, -0.25) is 14.6 Å². The van der Waals surface area contributed by atoms with Crippen molar-refractivity contribution < 1.29 is 18.0 Å². The van der Waals surface area contributed by atoms with Gasteiger partial charge in [0.1, 0.15) is 6.54 Å². The number of H-pyrrole nitrogens is 2. The van der Waals surface area contributed by atoms with E-state index in [0.29, 0.717) is 17.6 Å². The van der Waals surface area contributed by atoms with Crippen molar-refractivity contribution in [2.75, 3.05) is 11.4 Å². The van der Waals surface area contributed by atoms with Gasteiger partial charge in [-0.15, -0.1) is 0 Å². The van der Waals surface area contributed by atoms with Crippen LogP contribution < -0.4 is 16.1 Å². The summed E-state index contributed by atoms with van der Waals surface area (Å²) in [4.78, 5) is 46.5. The molecule has 4 aromatic rings. The number of imidazole rings is 1. The molecule has 1 fully saturated rings. The van der Waals surface area contributed by atoms with Crippen LogP contribution >= 0.6 is 11.6 Å². The minimum absolute atomic E-state index is 0.0600. The molecule has 196 valence electrons. The van der Waals surface area contributed by atoms with Crippen LogP contribution in [0.15, 0.2) is 46.2 Å². The topological polar surface area (TPSA) is 116 Å². The Labute approximate surface area is 217 Å². The lowest BCUT2D eigenvalue weighted by atomic mass is 9.85.